The molecule has 0 aliphatic heterocycles. The molecule has 0 aromatic heterocycles. The Balaban J connectivity index is 3.15. The van der Waals surface area contributed by atoms with Crippen LogP contribution in [-0.2, 0) is 0 Å². The normalized spacial score (nSPS) is 9.83. The fraction of sp³-hybridized carbons (Fsp3) is 0.474. The number of nitrogens with one attached hydrogen (secondary N) is 2. The number of amides is 4. The number of benzene rings is 1. The van der Waals surface area contributed by atoms with Crippen molar-refractivity contribution in [3.05, 3.63) is 23.8 Å². The molecule has 0 heterocycles. The lowest BCUT2D eigenvalue weighted by Gasteiger charge is -2.22. The van der Waals surface area contributed by atoms with E-state index in [1.54, 1.807) is 88.1 Å². The van der Waals surface area contributed by atoms with Gasteiger partial charge in [0, 0.05) is 56.4 Å². The van der Waals surface area contributed by atoms with Crippen LogP contribution in [0.15, 0.2) is 28.2 Å². The number of hydrogen-bond acceptors (Lipinski definition) is 2. The van der Waals surface area contributed by atoms with Crippen LogP contribution in [0.25, 0.3) is 0 Å². The first kappa shape index (κ1) is 23.7. The first-order valence-corrected chi connectivity index (χ1v) is 9.02. The summed E-state index contributed by atoms with van der Waals surface area (Å²) in [6.45, 7) is 1.84. The van der Waals surface area contributed by atoms with Gasteiger partial charge in [0.2, 0.25) is 11.9 Å². The molecule has 0 radical (unpaired) electrons. The molecular formula is C19H32N8O2. The summed E-state index contributed by atoms with van der Waals surface area (Å²) in [6.07, 6.45) is 0. The molecule has 10 nitrogen and oxygen atoms in total. The molecule has 0 saturated heterocycles. The Morgan fingerprint density at radius 2 is 1.14 bits per heavy atom. The van der Waals surface area contributed by atoms with Crippen LogP contribution in [0.2, 0.25) is 0 Å². The Kier molecular flexibility index (Phi) is 8.43. The minimum Gasteiger partial charge on any atom is -0.349 e. The Morgan fingerprint density at radius 3 is 1.55 bits per heavy atom. The molecule has 0 spiro atoms. The summed E-state index contributed by atoms with van der Waals surface area (Å²) in [7, 11) is 14.4. The molecule has 0 atom stereocenters. The van der Waals surface area contributed by atoms with Gasteiger partial charge in [0.05, 0.1) is 11.4 Å². The van der Waals surface area contributed by atoms with E-state index in [2.05, 4.69) is 20.6 Å². The Morgan fingerprint density at radius 1 is 0.724 bits per heavy atom. The maximum atomic E-state index is 12.5. The molecule has 160 valence electrons. The lowest BCUT2D eigenvalue weighted by Crippen LogP contribution is -2.36. The Labute approximate surface area is 172 Å². The molecule has 1 rings (SSSR count). The predicted molar refractivity (Wildman–Crippen MR) is 119 cm³/mol. The van der Waals surface area contributed by atoms with Crippen molar-refractivity contribution in [2.75, 3.05) is 67.0 Å². The van der Waals surface area contributed by atoms with Crippen molar-refractivity contribution >= 4 is 35.4 Å². The molecule has 10 heteroatoms. The van der Waals surface area contributed by atoms with E-state index < -0.39 is 12.1 Å². The van der Waals surface area contributed by atoms with Gasteiger partial charge in [-0.25, -0.2) is 9.59 Å². The van der Waals surface area contributed by atoms with Gasteiger partial charge >= 0.3 is 12.1 Å². The molecule has 1 aromatic carbocycles. The van der Waals surface area contributed by atoms with Gasteiger partial charge in [0.25, 0.3) is 0 Å². The SMILES string of the molecule is Cc1cccc(NC(=O)N=C(N(C)C)N(C)C)c1NC(=O)N=C(N(C)C)N(C)C. The van der Waals surface area contributed by atoms with E-state index in [-0.39, 0.29) is 0 Å². The minimum absolute atomic E-state index is 0.440. The second-order valence-corrected chi connectivity index (χ2v) is 7.26. The maximum Gasteiger partial charge on any atom is 0.348 e. The van der Waals surface area contributed by atoms with E-state index in [9.17, 15) is 9.59 Å². The van der Waals surface area contributed by atoms with Gasteiger partial charge < -0.3 is 30.2 Å². The highest BCUT2D eigenvalue weighted by Gasteiger charge is 2.15. The maximum absolute atomic E-state index is 12.5. The fourth-order valence-electron chi connectivity index (χ4n) is 2.60. The average Bonchev–Trinajstić information content (AvgIpc) is 2.59. The third kappa shape index (κ3) is 6.98. The molecule has 0 fully saturated rings. The second-order valence-electron chi connectivity index (χ2n) is 7.26. The monoisotopic (exact) mass is 404 g/mol. The van der Waals surface area contributed by atoms with E-state index in [0.717, 1.165) is 5.56 Å². The quantitative estimate of drug-likeness (QED) is 0.578. The summed E-state index contributed by atoms with van der Waals surface area (Å²) < 4.78 is 0. The fourth-order valence-corrected chi connectivity index (χ4v) is 2.60. The van der Waals surface area contributed by atoms with Gasteiger partial charge in [-0.1, -0.05) is 12.1 Å². The summed E-state index contributed by atoms with van der Waals surface area (Å²) in [6, 6.07) is 4.23. The molecule has 0 bridgehead atoms. The number of guanidine groups is 2. The van der Waals surface area contributed by atoms with Crippen molar-refractivity contribution in [2.24, 2.45) is 9.98 Å². The number of hydrogen-bond donors (Lipinski definition) is 2. The zero-order valence-electron chi connectivity index (χ0n) is 18.7. The molecule has 4 amide bonds. The van der Waals surface area contributed by atoms with Crippen LogP contribution in [-0.4, -0.2) is 100.0 Å². The van der Waals surface area contributed by atoms with Gasteiger partial charge in [-0.2, -0.15) is 9.98 Å². The van der Waals surface area contributed by atoms with Gasteiger partial charge in [0.15, 0.2) is 0 Å². The number of aryl methyl sites for hydroxylation is 1. The minimum atomic E-state index is -0.547. The van der Waals surface area contributed by atoms with Crippen molar-refractivity contribution < 1.29 is 9.59 Å². The number of aliphatic imine (C=N–C) groups is 2. The molecule has 0 saturated carbocycles. The highest BCUT2D eigenvalue weighted by atomic mass is 16.2. The highest BCUT2D eigenvalue weighted by Crippen LogP contribution is 2.26. The molecule has 1 aromatic rings. The second kappa shape index (κ2) is 10.3. The molecule has 0 aliphatic carbocycles. The van der Waals surface area contributed by atoms with Gasteiger partial charge in [-0.05, 0) is 18.6 Å². The van der Waals surface area contributed by atoms with E-state index in [1.165, 1.54) is 0 Å². The van der Waals surface area contributed by atoms with Crippen molar-refractivity contribution in [2.45, 2.75) is 6.92 Å². The number of para-hydroxylation sites is 1. The van der Waals surface area contributed by atoms with Crippen molar-refractivity contribution in [1.82, 2.24) is 19.6 Å². The number of urea groups is 2. The van der Waals surface area contributed by atoms with Crippen LogP contribution in [0, 0.1) is 6.92 Å². The first-order valence-electron chi connectivity index (χ1n) is 9.02. The van der Waals surface area contributed by atoms with Crippen LogP contribution in [0.5, 0.6) is 0 Å². The highest BCUT2D eigenvalue weighted by molar-refractivity contribution is 6.05. The molecular weight excluding hydrogens is 372 g/mol. The van der Waals surface area contributed by atoms with Crippen molar-refractivity contribution in [3.63, 3.8) is 0 Å². The zero-order chi connectivity index (χ0) is 22.3. The van der Waals surface area contributed by atoms with Crippen LogP contribution in [0.1, 0.15) is 5.56 Å². The molecule has 0 aliphatic rings. The third-order valence-electron chi connectivity index (χ3n) is 3.75. The summed E-state index contributed by atoms with van der Waals surface area (Å²) in [5.41, 5.74) is 1.69. The lowest BCUT2D eigenvalue weighted by atomic mass is 10.1. The zero-order valence-corrected chi connectivity index (χ0v) is 18.7. The van der Waals surface area contributed by atoms with Crippen molar-refractivity contribution in [3.8, 4) is 0 Å². The first-order chi connectivity index (χ1) is 13.4. The third-order valence-corrected chi connectivity index (χ3v) is 3.75. The number of carbonyl (C=O) groups excluding carboxylic acids is 2. The summed E-state index contributed by atoms with van der Waals surface area (Å²) in [5, 5.41) is 5.49. The predicted octanol–water partition coefficient (Wildman–Crippen LogP) is 2.02. The van der Waals surface area contributed by atoms with Crippen LogP contribution in [0.4, 0.5) is 21.0 Å². The van der Waals surface area contributed by atoms with Crippen LogP contribution < -0.4 is 10.6 Å². The summed E-state index contributed by atoms with van der Waals surface area (Å²) in [4.78, 5) is 40.0. The van der Waals surface area contributed by atoms with E-state index in [4.69, 9.17) is 0 Å². The molecule has 0 unspecified atom stereocenters. The topological polar surface area (TPSA) is 95.9 Å². The van der Waals surface area contributed by atoms with Crippen molar-refractivity contribution in [1.29, 1.82) is 0 Å². The van der Waals surface area contributed by atoms with Gasteiger partial charge in [0.1, 0.15) is 0 Å². The number of carbonyl (C=O) groups is 2. The van der Waals surface area contributed by atoms with Crippen LogP contribution in [0.3, 0.4) is 0 Å². The largest absolute Gasteiger partial charge is 0.349 e. The number of anilines is 2. The smallest absolute Gasteiger partial charge is 0.348 e. The Bertz CT molecular complexity index is 777. The summed E-state index contributed by atoms with van der Waals surface area (Å²) >= 11 is 0. The summed E-state index contributed by atoms with van der Waals surface area (Å²) in [5.74, 6) is 0.986. The van der Waals surface area contributed by atoms with Gasteiger partial charge in [-0.15, -0.1) is 0 Å². The van der Waals surface area contributed by atoms with Gasteiger partial charge in [-0.3, -0.25) is 0 Å². The number of rotatable bonds is 2. The molecule has 29 heavy (non-hydrogen) atoms. The van der Waals surface area contributed by atoms with E-state index >= 15 is 0 Å². The standard InChI is InChI=1S/C19H32N8O2/c1-13-11-10-12-14(20-16(28)22-18(24(2)3)25(4)5)15(13)21-17(29)23-19(26(6)7)27(8)9/h10-12H,1-9H3,(H,20,28)(H,21,29). The Hall–Kier alpha value is -3.30. The average molecular weight is 405 g/mol. The lowest BCUT2D eigenvalue weighted by molar-refractivity contribution is 0.257. The van der Waals surface area contributed by atoms with E-state index in [0.29, 0.717) is 23.3 Å². The van der Waals surface area contributed by atoms with E-state index in [1.807, 2.05) is 13.0 Å². The van der Waals surface area contributed by atoms with Crippen LogP contribution >= 0.6 is 0 Å². The number of nitrogens with zero attached hydrogens (tertiary/aromatic N) is 6. The molecule has 2 N–H and O–H groups in total.